The highest BCUT2D eigenvalue weighted by atomic mass is 19.4. The summed E-state index contributed by atoms with van der Waals surface area (Å²) in [5, 5.41) is 11.3. The van der Waals surface area contributed by atoms with Crippen LogP contribution in [-0.4, -0.2) is 78.5 Å². The lowest BCUT2D eigenvalue weighted by Gasteiger charge is -2.37. The van der Waals surface area contributed by atoms with Gasteiger partial charge in [0, 0.05) is 18.2 Å². The lowest BCUT2D eigenvalue weighted by Crippen LogP contribution is -2.45. The zero-order chi connectivity index (χ0) is 27.3. The fraction of sp³-hybridized carbons (Fsp3) is 0.423. The Morgan fingerprint density at radius 3 is 2.37 bits per heavy atom. The molecule has 0 aliphatic carbocycles. The summed E-state index contributed by atoms with van der Waals surface area (Å²) in [6.07, 6.45) is -3.15. The number of ether oxygens (including phenoxy) is 2. The molecular weight excluding hydrogens is 505 g/mol. The van der Waals surface area contributed by atoms with Crippen molar-refractivity contribution in [1.82, 2.24) is 15.1 Å². The zero-order valence-electron chi connectivity index (χ0n) is 20.8. The van der Waals surface area contributed by atoms with Crippen molar-refractivity contribution < 1.29 is 37.3 Å². The summed E-state index contributed by atoms with van der Waals surface area (Å²) < 4.78 is 47.4. The largest absolute Gasteiger partial charge is 0.573 e. The van der Waals surface area contributed by atoms with Crippen LogP contribution in [0.25, 0.3) is 0 Å². The number of hydrogen-bond acceptors (Lipinski definition) is 6. The number of carbonyl (C=O) groups excluding carboxylic acids is 1. The molecular formula is C26H29F3N4O5. The Balaban J connectivity index is 1.53. The fourth-order valence-corrected chi connectivity index (χ4v) is 4.55. The Morgan fingerprint density at radius 1 is 1.11 bits per heavy atom. The Bertz CT molecular complexity index is 1150. The minimum Gasteiger partial charge on any atom is -0.481 e. The van der Waals surface area contributed by atoms with Gasteiger partial charge in [0.15, 0.2) is 0 Å². The maximum absolute atomic E-state index is 12.5. The third-order valence-electron chi connectivity index (χ3n) is 6.49. The van der Waals surface area contributed by atoms with Crippen molar-refractivity contribution in [3.63, 3.8) is 0 Å². The third kappa shape index (κ3) is 7.15. The number of hydrogen-bond donors (Lipinski definition) is 2. The topological polar surface area (TPSA) is 104 Å². The molecule has 2 aliphatic rings. The molecule has 2 fully saturated rings. The molecule has 1 amide bonds. The van der Waals surface area contributed by atoms with Gasteiger partial charge in [-0.25, -0.2) is 0 Å². The molecule has 0 radical (unpaired) electrons. The number of carboxylic acid groups (broad SMARTS) is 1. The summed E-state index contributed by atoms with van der Waals surface area (Å²) in [5.74, 6) is -1.67. The second-order valence-electron chi connectivity index (χ2n) is 9.23. The number of carboxylic acids is 1. The average molecular weight is 535 g/mol. The number of likely N-dealkylation sites (tertiary alicyclic amines) is 1. The summed E-state index contributed by atoms with van der Waals surface area (Å²) in [6, 6.07) is 12.7. The predicted molar refractivity (Wildman–Crippen MR) is 132 cm³/mol. The monoisotopic (exact) mass is 534 g/mol. The van der Waals surface area contributed by atoms with E-state index in [-0.39, 0.29) is 36.7 Å². The van der Waals surface area contributed by atoms with Crippen LogP contribution in [0.15, 0.2) is 53.5 Å². The number of rotatable bonds is 8. The average Bonchev–Trinajstić information content (AvgIpc) is 3.28. The molecule has 38 heavy (non-hydrogen) atoms. The molecule has 0 bridgehead atoms. The maximum Gasteiger partial charge on any atom is 0.573 e. The Kier molecular flexibility index (Phi) is 8.40. The van der Waals surface area contributed by atoms with Crippen LogP contribution in [0.3, 0.4) is 0 Å². The van der Waals surface area contributed by atoms with Crippen LogP contribution in [0.1, 0.15) is 41.2 Å². The van der Waals surface area contributed by atoms with Gasteiger partial charge >= 0.3 is 12.3 Å². The van der Waals surface area contributed by atoms with Crippen molar-refractivity contribution in [2.75, 3.05) is 33.3 Å². The van der Waals surface area contributed by atoms with Crippen molar-refractivity contribution >= 4 is 23.6 Å². The van der Waals surface area contributed by atoms with Crippen LogP contribution < -0.4 is 10.1 Å². The highest BCUT2D eigenvalue weighted by Gasteiger charge is 2.39. The van der Waals surface area contributed by atoms with Crippen LogP contribution >= 0.6 is 0 Å². The second-order valence-corrected chi connectivity index (χ2v) is 9.23. The van der Waals surface area contributed by atoms with E-state index in [1.807, 2.05) is 12.1 Å². The Hall–Kier alpha value is -3.80. The molecule has 0 aromatic heterocycles. The molecule has 0 spiro atoms. The standard InChI is InChI=1S/C26H29F3N4O5/c1-32-14-11-20(12-15-32)33-22(17-2-4-18(5-3-17)24(36)30-13-10-23(34)35)16-37-25(33)31-19-6-8-21(9-7-19)38-26(27,28)29/h2-9,20,22H,10-16H2,1H3,(H,30,36)(H,34,35). The van der Waals surface area contributed by atoms with Crippen molar-refractivity contribution in [1.29, 1.82) is 0 Å². The van der Waals surface area contributed by atoms with Gasteiger partial charge in [0.1, 0.15) is 12.4 Å². The van der Waals surface area contributed by atoms with Gasteiger partial charge in [-0.05, 0) is 74.9 Å². The molecule has 1 atom stereocenters. The van der Waals surface area contributed by atoms with E-state index >= 15 is 0 Å². The summed E-state index contributed by atoms with van der Waals surface area (Å²) in [7, 11) is 2.06. The van der Waals surface area contributed by atoms with E-state index in [4.69, 9.17) is 9.84 Å². The van der Waals surface area contributed by atoms with Gasteiger partial charge in [-0.15, -0.1) is 13.2 Å². The number of aliphatic carboxylic acids is 1. The van der Waals surface area contributed by atoms with Gasteiger partial charge in [0.25, 0.3) is 11.9 Å². The van der Waals surface area contributed by atoms with Crippen LogP contribution in [0.5, 0.6) is 5.75 Å². The lowest BCUT2D eigenvalue weighted by molar-refractivity contribution is -0.274. The van der Waals surface area contributed by atoms with E-state index in [0.29, 0.717) is 23.9 Å². The molecule has 4 rings (SSSR count). The first-order valence-electron chi connectivity index (χ1n) is 12.2. The van der Waals surface area contributed by atoms with Gasteiger partial charge in [0.05, 0.1) is 18.2 Å². The van der Waals surface area contributed by atoms with Gasteiger partial charge in [-0.2, -0.15) is 4.99 Å². The predicted octanol–water partition coefficient (Wildman–Crippen LogP) is 3.94. The number of halogens is 3. The van der Waals surface area contributed by atoms with Crippen molar-refractivity contribution in [3.05, 3.63) is 59.7 Å². The highest BCUT2D eigenvalue weighted by molar-refractivity contribution is 5.94. The van der Waals surface area contributed by atoms with Gasteiger partial charge in [0.2, 0.25) is 0 Å². The number of nitrogens with zero attached hydrogens (tertiary/aromatic N) is 3. The molecule has 2 aromatic rings. The molecule has 2 heterocycles. The van der Waals surface area contributed by atoms with E-state index < -0.39 is 12.3 Å². The van der Waals surface area contributed by atoms with Crippen LogP contribution in [0, 0.1) is 0 Å². The normalized spacial score (nSPS) is 19.8. The molecule has 2 aliphatic heterocycles. The van der Waals surface area contributed by atoms with Gasteiger partial charge < -0.3 is 29.7 Å². The SMILES string of the molecule is CN1CCC(N2C(=Nc3ccc(OC(F)(F)F)cc3)OCC2c2ccc(C(=O)NCCC(=O)O)cc2)CC1. The van der Waals surface area contributed by atoms with Crippen LogP contribution in [-0.2, 0) is 9.53 Å². The maximum atomic E-state index is 12.5. The molecule has 2 N–H and O–H groups in total. The number of aliphatic imine (C=N–C) groups is 1. The molecule has 2 aromatic carbocycles. The molecule has 9 nitrogen and oxygen atoms in total. The highest BCUT2D eigenvalue weighted by Crippen LogP contribution is 2.35. The first kappa shape index (κ1) is 27.2. The second kappa shape index (κ2) is 11.7. The van der Waals surface area contributed by atoms with Crippen molar-refractivity contribution in [2.24, 2.45) is 4.99 Å². The number of piperidine rings is 1. The summed E-state index contributed by atoms with van der Waals surface area (Å²) in [5.41, 5.74) is 1.77. The minimum absolute atomic E-state index is 0.0411. The molecule has 204 valence electrons. The quantitative estimate of drug-likeness (QED) is 0.529. The van der Waals surface area contributed by atoms with Crippen molar-refractivity contribution in [2.45, 2.75) is 37.7 Å². The first-order chi connectivity index (χ1) is 18.1. The Labute approximate surface area is 217 Å². The summed E-state index contributed by atoms with van der Waals surface area (Å²) in [4.78, 5) is 32.0. The summed E-state index contributed by atoms with van der Waals surface area (Å²) in [6.45, 7) is 2.17. The van der Waals surface area contributed by atoms with E-state index in [1.54, 1.807) is 12.1 Å². The molecule has 2 saturated heterocycles. The third-order valence-corrected chi connectivity index (χ3v) is 6.49. The van der Waals surface area contributed by atoms with E-state index in [0.717, 1.165) is 31.5 Å². The lowest BCUT2D eigenvalue weighted by atomic mass is 9.98. The van der Waals surface area contributed by atoms with E-state index in [2.05, 4.69) is 31.9 Å². The number of nitrogens with one attached hydrogen (secondary N) is 1. The van der Waals surface area contributed by atoms with Gasteiger partial charge in [-0.1, -0.05) is 12.1 Å². The smallest absolute Gasteiger partial charge is 0.481 e. The minimum atomic E-state index is -4.77. The fourth-order valence-electron chi connectivity index (χ4n) is 4.55. The number of carbonyl (C=O) groups is 2. The summed E-state index contributed by atoms with van der Waals surface area (Å²) >= 11 is 0. The molecule has 0 saturated carbocycles. The van der Waals surface area contributed by atoms with Crippen molar-refractivity contribution in [3.8, 4) is 5.75 Å². The molecule has 1 unspecified atom stereocenters. The molecule has 12 heteroatoms. The number of amides is 1. The van der Waals surface area contributed by atoms with Crippen LogP contribution in [0.2, 0.25) is 0 Å². The number of alkyl halides is 3. The Morgan fingerprint density at radius 2 is 1.76 bits per heavy atom. The number of amidine groups is 1. The zero-order valence-corrected chi connectivity index (χ0v) is 20.8. The first-order valence-corrected chi connectivity index (χ1v) is 12.2. The van der Waals surface area contributed by atoms with Crippen LogP contribution in [0.4, 0.5) is 18.9 Å². The number of benzene rings is 2. The van der Waals surface area contributed by atoms with E-state index in [1.165, 1.54) is 24.3 Å². The van der Waals surface area contributed by atoms with E-state index in [9.17, 15) is 22.8 Å². The van der Waals surface area contributed by atoms with Gasteiger partial charge in [-0.3, -0.25) is 9.59 Å².